The predicted molar refractivity (Wildman–Crippen MR) is 104 cm³/mol. The normalized spacial score (nSPS) is 11.4. The lowest BCUT2D eigenvalue weighted by Gasteiger charge is -2.12. The summed E-state index contributed by atoms with van der Waals surface area (Å²) in [7, 11) is 5.71. The molecule has 0 atom stereocenters. The Hall–Kier alpha value is -3.20. The first-order chi connectivity index (χ1) is 12.8. The smallest absolute Gasteiger partial charge is 0.203 e. The van der Waals surface area contributed by atoms with Gasteiger partial charge in [0.05, 0.1) is 15.4 Å². The third kappa shape index (κ3) is 2.09. The van der Waals surface area contributed by atoms with Crippen LogP contribution in [0.4, 0.5) is 0 Å². The first-order valence-electron chi connectivity index (χ1n) is 7.65. The molecule has 1 heterocycles. The molecule has 9 heteroatoms. The molecule has 0 aliphatic heterocycles. The van der Waals surface area contributed by atoms with Crippen molar-refractivity contribution in [1.82, 2.24) is 4.57 Å². The van der Waals surface area contributed by atoms with Gasteiger partial charge < -0.3 is 35.2 Å². The molecule has 0 fully saturated rings. The second kappa shape index (κ2) is 5.65. The van der Waals surface area contributed by atoms with E-state index in [4.69, 9.17) is 7.85 Å². The number of hydrogen-bond acceptors (Lipinski definition) is 6. The van der Waals surface area contributed by atoms with Crippen molar-refractivity contribution in [2.24, 2.45) is 0 Å². The largest absolute Gasteiger partial charge is 0.506 e. The molecule has 4 aromatic rings. The van der Waals surface area contributed by atoms with Crippen LogP contribution >= 0.6 is 15.9 Å². The van der Waals surface area contributed by atoms with Crippen molar-refractivity contribution in [3.63, 3.8) is 0 Å². The topological polar surface area (TPSA) is 126 Å². The van der Waals surface area contributed by atoms with Crippen LogP contribution in [0.2, 0.25) is 0 Å². The van der Waals surface area contributed by atoms with Gasteiger partial charge in [-0.25, -0.2) is 0 Å². The van der Waals surface area contributed by atoms with Crippen molar-refractivity contribution in [3.05, 3.63) is 34.8 Å². The number of aromatic nitrogens is 1. The molecule has 27 heavy (non-hydrogen) atoms. The summed E-state index contributed by atoms with van der Waals surface area (Å²) < 4.78 is 1.31. The molecule has 1 aromatic heterocycles. The second-order valence-electron chi connectivity index (χ2n) is 5.94. The maximum absolute atomic E-state index is 10.6. The molecule has 0 saturated heterocycles. The molecule has 0 amide bonds. The monoisotopic (exact) mass is 427 g/mol. The number of phenols is 6. The van der Waals surface area contributed by atoms with Crippen LogP contribution in [0.1, 0.15) is 0 Å². The molecule has 0 saturated carbocycles. The lowest BCUT2D eigenvalue weighted by atomic mass is 9.91. The van der Waals surface area contributed by atoms with E-state index in [1.165, 1.54) is 4.57 Å². The van der Waals surface area contributed by atoms with E-state index >= 15 is 0 Å². The molecule has 2 radical (unpaired) electrons. The Morgan fingerprint density at radius 2 is 1.26 bits per heavy atom. The third-order valence-electron chi connectivity index (χ3n) is 4.48. The number of benzene rings is 3. The zero-order chi connectivity index (χ0) is 19.6. The molecule has 0 bridgehead atoms. The van der Waals surface area contributed by atoms with Gasteiger partial charge in [-0.2, -0.15) is 0 Å². The van der Waals surface area contributed by atoms with Crippen LogP contribution < -0.4 is 5.46 Å². The Morgan fingerprint density at radius 3 is 1.89 bits per heavy atom. The minimum Gasteiger partial charge on any atom is -0.506 e. The summed E-state index contributed by atoms with van der Waals surface area (Å²) in [6, 6.07) is 8.50. The van der Waals surface area contributed by atoms with E-state index < -0.39 is 40.0 Å². The quantitative estimate of drug-likeness (QED) is 0.157. The SMILES string of the molecule is [B]c1c(O)c(O)c2c3c(Br)c(O)c(O)c(O)c3n(-c3ccccc3)c2c1O. The average molecular weight is 428 g/mol. The Bertz CT molecular complexity index is 1180. The number of hydrogen-bond donors (Lipinski definition) is 6. The fourth-order valence-corrected chi connectivity index (χ4v) is 3.81. The highest BCUT2D eigenvalue weighted by Crippen LogP contribution is 2.54. The number of aromatic hydroxyl groups is 6. The molecule has 6 N–H and O–H groups in total. The standard InChI is InChI=1S/C18H11BBrNO6/c19-9-14(23)12-8(13(22)15(9)24)7-10(20)16(25)18(27)17(26)11(7)21(12)6-4-2-1-3-5-6/h1-5,22-27H. The summed E-state index contributed by atoms with van der Waals surface area (Å²) in [5, 5.41) is 61.9. The highest BCUT2D eigenvalue weighted by atomic mass is 79.9. The van der Waals surface area contributed by atoms with Crippen molar-refractivity contribution in [2.45, 2.75) is 0 Å². The van der Waals surface area contributed by atoms with E-state index in [9.17, 15) is 30.6 Å². The number of phenolic OH excluding ortho intramolecular Hbond substituents is 6. The summed E-state index contributed by atoms with van der Waals surface area (Å²) >= 11 is 3.13. The van der Waals surface area contributed by atoms with Gasteiger partial charge in [-0.05, 0) is 33.5 Å². The maximum atomic E-state index is 10.6. The molecule has 4 rings (SSSR count). The van der Waals surface area contributed by atoms with Crippen LogP contribution in [0.3, 0.4) is 0 Å². The minimum absolute atomic E-state index is 0.0195. The van der Waals surface area contributed by atoms with Crippen LogP contribution in [-0.4, -0.2) is 43.1 Å². The van der Waals surface area contributed by atoms with E-state index in [1.54, 1.807) is 30.3 Å². The lowest BCUT2D eigenvalue weighted by molar-refractivity contribution is 0.369. The Morgan fingerprint density at radius 1 is 0.667 bits per heavy atom. The third-order valence-corrected chi connectivity index (χ3v) is 5.25. The molecule has 0 aliphatic rings. The van der Waals surface area contributed by atoms with Crippen molar-refractivity contribution in [3.8, 4) is 40.2 Å². The van der Waals surface area contributed by atoms with Crippen LogP contribution in [0.5, 0.6) is 34.5 Å². The number of halogens is 1. The maximum Gasteiger partial charge on any atom is 0.203 e. The van der Waals surface area contributed by atoms with Gasteiger partial charge >= 0.3 is 0 Å². The van der Waals surface area contributed by atoms with Gasteiger partial charge in [0.2, 0.25) is 5.75 Å². The van der Waals surface area contributed by atoms with E-state index in [0.717, 1.165) is 0 Å². The first kappa shape index (κ1) is 17.2. The number of rotatable bonds is 1. The first-order valence-corrected chi connectivity index (χ1v) is 8.44. The summed E-state index contributed by atoms with van der Waals surface area (Å²) in [5.74, 6) is -4.06. The van der Waals surface area contributed by atoms with Crippen molar-refractivity contribution >= 4 is 51.0 Å². The van der Waals surface area contributed by atoms with Crippen LogP contribution in [0, 0.1) is 0 Å². The van der Waals surface area contributed by atoms with Crippen LogP contribution in [-0.2, 0) is 0 Å². The highest BCUT2D eigenvalue weighted by molar-refractivity contribution is 9.10. The number of para-hydroxylation sites is 1. The summed E-state index contributed by atoms with van der Waals surface area (Å²) in [6.07, 6.45) is 0. The van der Waals surface area contributed by atoms with Crippen molar-refractivity contribution < 1.29 is 30.6 Å². The minimum atomic E-state index is -0.787. The van der Waals surface area contributed by atoms with Gasteiger partial charge in [0.25, 0.3) is 0 Å². The highest BCUT2D eigenvalue weighted by Gasteiger charge is 2.29. The molecule has 0 aliphatic carbocycles. The Labute approximate surface area is 161 Å². The zero-order valence-electron chi connectivity index (χ0n) is 13.5. The van der Waals surface area contributed by atoms with E-state index in [1.807, 2.05) is 0 Å². The van der Waals surface area contributed by atoms with E-state index in [0.29, 0.717) is 5.69 Å². The number of fused-ring (bicyclic) bond motifs is 3. The van der Waals surface area contributed by atoms with Crippen molar-refractivity contribution in [1.29, 1.82) is 0 Å². The van der Waals surface area contributed by atoms with Gasteiger partial charge in [0, 0.05) is 11.1 Å². The molecular formula is C18H11BBrNO6. The van der Waals surface area contributed by atoms with Gasteiger partial charge in [-0.3, -0.25) is 0 Å². The lowest BCUT2D eigenvalue weighted by Crippen LogP contribution is -2.06. The predicted octanol–water partition coefficient (Wildman–Crippen LogP) is 2.57. The molecule has 7 nitrogen and oxygen atoms in total. The Balaban J connectivity index is 2.45. The summed E-state index contributed by atoms with van der Waals surface area (Å²) in [6.45, 7) is 0. The molecule has 0 unspecified atom stereocenters. The van der Waals surface area contributed by atoms with E-state index in [2.05, 4.69) is 15.9 Å². The number of nitrogens with zero attached hydrogens (tertiary/aromatic N) is 1. The molecule has 3 aromatic carbocycles. The van der Waals surface area contributed by atoms with Crippen LogP contribution in [0.25, 0.3) is 27.5 Å². The Kier molecular flexibility index (Phi) is 3.61. The van der Waals surface area contributed by atoms with Crippen molar-refractivity contribution in [2.75, 3.05) is 0 Å². The van der Waals surface area contributed by atoms with Gasteiger partial charge in [-0.1, -0.05) is 18.2 Å². The fourth-order valence-electron chi connectivity index (χ4n) is 3.23. The second-order valence-corrected chi connectivity index (χ2v) is 6.73. The van der Waals surface area contributed by atoms with Gasteiger partial charge in [0.1, 0.15) is 19.1 Å². The zero-order valence-corrected chi connectivity index (χ0v) is 15.1. The van der Waals surface area contributed by atoms with E-state index in [-0.39, 0.29) is 26.3 Å². The van der Waals surface area contributed by atoms with Gasteiger partial charge in [-0.15, -0.1) is 0 Å². The summed E-state index contributed by atoms with van der Waals surface area (Å²) in [4.78, 5) is 0. The fraction of sp³-hybridized carbons (Fsp3) is 0. The molecular weight excluding hydrogens is 417 g/mol. The molecule has 0 spiro atoms. The van der Waals surface area contributed by atoms with Gasteiger partial charge in [0.15, 0.2) is 23.0 Å². The average Bonchev–Trinajstić information content (AvgIpc) is 3.04. The summed E-state index contributed by atoms with van der Waals surface area (Å²) in [5.41, 5.74) is -0.0346. The molecule has 134 valence electrons. The van der Waals surface area contributed by atoms with Crippen LogP contribution in [0.15, 0.2) is 34.8 Å².